The van der Waals surface area contributed by atoms with Crippen molar-refractivity contribution in [2.24, 2.45) is 5.92 Å². The highest BCUT2D eigenvalue weighted by atomic mass is 16.6. The Balaban J connectivity index is 3.16. The van der Waals surface area contributed by atoms with Gasteiger partial charge in [0.15, 0.2) is 0 Å². The summed E-state index contributed by atoms with van der Waals surface area (Å²) in [5.41, 5.74) is 2.41. The predicted molar refractivity (Wildman–Crippen MR) is 79.3 cm³/mol. The summed E-state index contributed by atoms with van der Waals surface area (Å²) in [5.74, 6) is -0.0970. The molecule has 0 N–H and O–H groups in total. The Morgan fingerprint density at radius 2 is 2.10 bits per heavy atom. The highest BCUT2D eigenvalue weighted by Gasteiger charge is 2.17. The van der Waals surface area contributed by atoms with Crippen LogP contribution in [-0.4, -0.2) is 4.92 Å². The molecule has 0 aromatic heterocycles. The standard InChI is InChI=1S/C16H18N2O2/c1-4-12(2)16(18(19)20)10-9-13(3)15-8-6-5-7-14(15)11-17/h5-10,12H,4H2,1-3H3/b13-9+,16-10+. The summed E-state index contributed by atoms with van der Waals surface area (Å²) in [6.45, 7) is 5.60. The van der Waals surface area contributed by atoms with Gasteiger partial charge >= 0.3 is 0 Å². The first kappa shape index (κ1) is 15.6. The molecule has 0 saturated heterocycles. The monoisotopic (exact) mass is 270 g/mol. The molecule has 1 aromatic carbocycles. The fraction of sp³-hybridized carbons (Fsp3) is 0.312. The minimum atomic E-state index is -0.339. The number of nitro groups is 1. The molecule has 104 valence electrons. The maximum Gasteiger partial charge on any atom is 0.249 e. The van der Waals surface area contributed by atoms with Gasteiger partial charge in [0.25, 0.3) is 0 Å². The molecule has 0 aliphatic carbocycles. The van der Waals surface area contributed by atoms with Gasteiger partial charge in [-0.25, -0.2) is 0 Å². The summed E-state index contributed by atoms with van der Waals surface area (Å²) in [4.78, 5) is 10.7. The fourth-order valence-corrected chi connectivity index (χ4v) is 1.84. The zero-order valence-electron chi connectivity index (χ0n) is 12.0. The Bertz CT molecular complexity index is 595. The summed E-state index contributed by atoms with van der Waals surface area (Å²) < 4.78 is 0. The number of nitriles is 1. The molecule has 0 heterocycles. The number of rotatable bonds is 5. The average molecular weight is 270 g/mol. The lowest BCUT2D eigenvalue weighted by molar-refractivity contribution is -0.433. The van der Waals surface area contributed by atoms with E-state index in [0.29, 0.717) is 12.0 Å². The molecule has 1 rings (SSSR count). The molecule has 0 saturated carbocycles. The molecular weight excluding hydrogens is 252 g/mol. The van der Waals surface area contributed by atoms with Crippen molar-refractivity contribution in [3.63, 3.8) is 0 Å². The summed E-state index contributed by atoms with van der Waals surface area (Å²) in [6.07, 6.45) is 3.96. The van der Waals surface area contributed by atoms with Gasteiger partial charge in [-0.3, -0.25) is 10.1 Å². The van der Waals surface area contributed by atoms with Crippen LogP contribution >= 0.6 is 0 Å². The first-order valence-corrected chi connectivity index (χ1v) is 6.53. The van der Waals surface area contributed by atoms with E-state index in [-0.39, 0.29) is 16.5 Å². The van der Waals surface area contributed by atoms with Crippen LogP contribution in [0.15, 0.2) is 42.1 Å². The van der Waals surface area contributed by atoms with Gasteiger partial charge in [0.05, 0.1) is 16.6 Å². The minimum Gasteiger partial charge on any atom is -0.259 e. The van der Waals surface area contributed by atoms with Gasteiger partial charge < -0.3 is 0 Å². The van der Waals surface area contributed by atoms with E-state index < -0.39 is 0 Å². The molecular formula is C16H18N2O2. The van der Waals surface area contributed by atoms with Crippen molar-refractivity contribution in [2.45, 2.75) is 27.2 Å². The van der Waals surface area contributed by atoms with E-state index in [2.05, 4.69) is 6.07 Å². The van der Waals surface area contributed by atoms with Crippen LogP contribution in [-0.2, 0) is 0 Å². The van der Waals surface area contributed by atoms with Gasteiger partial charge in [0.2, 0.25) is 5.70 Å². The number of hydrogen-bond acceptors (Lipinski definition) is 3. The van der Waals surface area contributed by atoms with Crippen molar-refractivity contribution in [1.29, 1.82) is 5.26 Å². The zero-order chi connectivity index (χ0) is 15.1. The topological polar surface area (TPSA) is 66.9 Å². The van der Waals surface area contributed by atoms with E-state index in [9.17, 15) is 10.1 Å². The fourth-order valence-electron chi connectivity index (χ4n) is 1.84. The van der Waals surface area contributed by atoms with Crippen molar-refractivity contribution in [2.75, 3.05) is 0 Å². The molecule has 0 fully saturated rings. The molecule has 0 spiro atoms. The highest BCUT2D eigenvalue weighted by molar-refractivity contribution is 5.70. The normalized spacial score (nSPS) is 13.7. The van der Waals surface area contributed by atoms with Gasteiger partial charge in [-0.05, 0) is 30.5 Å². The van der Waals surface area contributed by atoms with Crippen LogP contribution < -0.4 is 0 Å². The molecule has 0 radical (unpaired) electrons. The van der Waals surface area contributed by atoms with E-state index in [1.165, 1.54) is 6.08 Å². The maximum absolute atomic E-state index is 11.0. The number of hydrogen-bond donors (Lipinski definition) is 0. The molecule has 4 nitrogen and oxygen atoms in total. The van der Waals surface area contributed by atoms with Gasteiger partial charge in [0.1, 0.15) is 0 Å². The third-order valence-corrected chi connectivity index (χ3v) is 3.30. The summed E-state index contributed by atoms with van der Waals surface area (Å²) >= 11 is 0. The number of nitrogens with zero attached hydrogens (tertiary/aromatic N) is 2. The van der Waals surface area contributed by atoms with Crippen molar-refractivity contribution in [3.05, 3.63) is 63.4 Å². The number of benzene rings is 1. The Morgan fingerprint density at radius 1 is 1.45 bits per heavy atom. The van der Waals surface area contributed by atoms with Crippen LogP contribution in [0, 0.1) is 27.4 Å². The average Bonchev–Trinajstić information content (AvgIpc) is 2.46. The largest absolute Gasteiger partial charge is 0.259 e. The molecule has 20 heavy (non-hydrogen) atoms. The van der Waals surface area contributed by atoms with Crippen LogP contribution in [0.4, 0.5) is 0 Å². The maximum atomic E-state index is 11.0. The van der Waals surface area contributed by atoms with Crippen molar-refractivity contribution >= 4 is 5.57 Å². The van der Waals surface area contributed by atoms with Crippen molar-refractivity contribution < 1.29 is 4.92 Å². The quantitative estimate of drug-likeness (QED) is 0.458. The van der Waals surface area contributed by atoms with Crippen LogP contribution in [0.25, 0.3) is 5.57 Å². The van der Waals surface area contributed by atoms with Gasteiger partial charge in [-0.2, -0.15) is 5.26 Å². The summed E-state index contributed by atoms with van der Waals surface area (Å²) in [7, 11) is 0. The van der Waals surface area contributed by atoms with Crippen molar-refractivity contribution in [1.82, 2.24) is 0 Å². The molecule has 1 aromatic rings. The Morgan fingerprint density at radius 3 is 2.65 bits per heavy atom. The highest BCUT2D eigenvalue weighted by Crippen LogP contribution is 2.20. The van der Waals surface area contributed by atoms with Gasteiger partial charge in [-0.15, -0.1) is 0 Å². The smallest absolute Gasteiger partial charge is 0.249 e. The Labute approximate surface area is 119 Å². The summed E-state index contributed by atoms with van der Waals surface area (Å²) in [6, 6.07) is 9.35. The van der Waals surface area contributed by atoms with E-state index in [0.717, 1.165) is 11.1 Å². The van der Waals surface area contributed by atoms with E-state index in [1.807, 2.05) is 32.9 Å². The second-order valence-electron chi connectivity index (χ2n) is 4.67. The molecule has 0 aliphatic rings. The van der Waals surface area contributed by atoms with Gasteiger partial charge in [-0.1, -0.05) is 38.1 Å². The Kier molecular flexibility index (Phi) is 5.67. The lowest BCUT2D eigenvalue weighted by atomic mass is 10.00. The zero-order valence-corrected chi connectivity index (χ0v) is 12.0. The van der Waals surface area contributed by atoms with Crippen LogP contribution in [0.3, 0.4) is 0 Å². The van der Waals surface area contributed by atoms with Crippen LogP contribution in [0.2, 0.25) is 0 Å². The van der Waals surface area contributed by atoms with Crippen LogP contribution in [0.5, 0.6) is 0 Å². The van der Waals surface area contributed by atoms with Crippen molar-refractivity contribution in [3.8, 4) is 6.07 Å². The van der Waals surface area contributed by atoms with Gasteiger partial charge in [0, 0.05) is 12.0 Å². The van der Waals surface area contributed by atoms with E-state index >= 15 is 0 Å². The molecule has 0 amide bonds. The molecule has 0 bridgehead atoms. The lowest BCUT2D eigenvalue weighted by Crippen LogP contribution is -2.07. The third kappa shape index (κ3) is 3.79. The first-order chi connectivity index (χ1) is 9.51. The third-order valence-electron chi connectivity index (χ3n) is 3.30. The summed E-state index contributed by atoms with van der Waals surface area (Å²) in [5, 5.41) is 20.1. The second-order valence-corrected chi connectivity index (χ2v) is 4.67. The second kappa shape index (κ2) is 7.25. The predicted octanol–water partition coefficient (Wildman–Crippen LogP) is 4.17. The molecule has 1 unspecified atom stereocenters. The Hall–Kier alpha value is -2.41. The lowest BCUT2D eigenvalue weighted by Gasteiger charge is -2.05. The first-order valence-electron chi connectivity index (χ1n) is 6.53. The van der Waals surface area contributed by atoms with E-state index in [1.54, 1.807) is 18.2 Å². The minimum absolute atomic E-state index is 0.0970. The SMILES string of the molecule is CCC(C)/C(=C\C=C(/C)c1ccccc1C#N)[N+](=O)[O-]. The van der Waals surface area contributed by atoms with Crippen LogP contribution in [0.1, 0.15) is 38.3 Å². The molecule has 1 atom stereocenters. The molecule has 4 heteroatoms. The molecule has 0 aliphatic heterocycles. The van der Waals surface area contributed by atoms with E-state index in [4.69, 9.17) is 5.26 Å². The number of allylic oxidation sites excluding steroid dienone is 4.